The predicted molar refractivity (Wildman–Crippen MR) is 106 cm³/mol. The molecule has 12 heteroatoms. The number of carboxylic acid groups (broad SMARTS) is 1. The highest BCUT2D eigenvalue weighted by Crippen LogP contribution is 2.27. The van der Waals surface area contributed by atoms with E-state index < -0.39 is 33.6 Å². The smallest absolute Gasteiger partial charge is 0.465 e. The van der Waals surface area contributed by atoms with Crippen molar-refractivity contribution in [2.75, 3.05) is 13.1 Å². The molecule has 0 heterocycles. The summed E-state index contributed by atoms with van der Waals surface area (Å²) in [4.78, 5) is 12.5. The molecule has 0 bridgehead atoms. The van der Waals surface area contributed by atoms with Gasteiger partial charge in [0.25, 0.3) is 0 Å². The average molecular weight is 482 g/mol. The second-order valence-corrected chi connectivity index (χ2v) is 8.51. The Morgan fingerprint density at radius 1 is 1.16 bits per heavy atom. The van der Waals surface area contributed by atoms with E-state index in [1.165, 1.54) is 12.1 Å². The molecule has 0 fully saturated rings. The van der Waals surface area contributed by atoms with Gasteiger partial charge in [-0.3, -0.25) is 0 Å². The first-order valence-electron chi connectivity index (χ1n) is 8.90. The number of alkyl halides is 3. The van der Waals surface area contributed by atoms with Gasteiger partial charge in [0.15, 0.2) is 0 Å². The second kappa shape index (κ2) is 10.2. The van der Waals surface area contributed by atoms with Crippen molar-refractivity contribution in [1.29, 1.82) is 0 Å². The Morgan fingerprint density at radius 3 is 2.45 bits per heavy atom. The molecule has 2 aromatic carbocycles. The van der Waals surface area contributed by atoms with Crippen LogP contribution in [0.4, 0.5) is 18.0 Å². The zero-order chi connectivity index (χ0) is 23.2. The zero-order valence-corrected chi connectivity index (χ0v) is 17.5. The third-order valence-electron chi connectivity index (χ3n) is 4.18. The highest BCUT2D eigenvalue weighted by Gasteiger charge is 2.48. The van der Waals surface area contributed by atoms with E-state index in [2.05, 4.69) is 4.18 Å². The van der Waals surface area contributed by atoms with Gasteiger partial charge in [-0.2, -0.15) is 21.6 Å². The minimum Gasteiger partial charge on any atom is -0.465 e. The summed E-state index contributed by atoms with van der Waals surface area (Å²) in [7, 11) is -5.78. The first-order valence-corrected chi connectivity index (χ1v) is 10.7. The molecule has 2 aromatic rings. The lowest BCUT2D eigenvalue weighted by Gasteiger charge is -2.23. The number of aliphatic hydroxyl groups is 1. The molecule has 7 nitrogen and oxygen atoms in total. The summed E-state index contributed by atoms with van der Waals surface area (Å²) in [6, 6.07) is 11.4. The molecule has 1 atom stereocenters. The number of aliphatic hydroxyl groups excluding tert-OH is 1. The summed E-state index contributed by atoms with van der Waals surface area (Å²) in [5.41, 5.74) is -4.64. The van der Waals surface area contributed by atoms with Gasteiger partial charge in [0.2, 0.25) is 0 Å². The Labute approximate surface area is 181 Å². The van der Waals surface area contributed by atoms with E-state index >= 15 is 0 Å². The third kappa shape index (κ3) is 7.30. The topological polar surface area (TPSA) is 104 Å². The van der Waals surface area contributed by atoms with Crippen LogP contribution in [0.2, 0.25) is 5.02 Å². The molecule has 2 N–H and O–H groups in total. The minimum absolute atomic E-state index is 0.0267. The van der Waals surface area contributed by atoms with Crippen LogP contribution in [0.1, 0.15) is 23.7 Å². The summed E-state index contributed by atoms with van der Waals surface area (Å²) < 4.78 is 63.6. The number of carbonyl (C=O) groups is 1. The maximum absolute atomic E-state index is 12.4. The fraction of sp³-hybridized carbons (Fsp3) is 0.316. The van der Waals surface area contributed by atoms with E-state index in [0.717, 1.165) is 17.0 Å². The van der Waals surface area contributed by atoms with Gasteiger partial charge >= 0.3 is 21.7 Å². The van der Waals surface area contributed by atoms with Crippen LogP contribution in [0.3, 0.4) is 0 Å². The summed E-state index contributed by atoms with van der Waals surface area (Å²) in [6.45, 7) is -0.179. The number of amides is 1. The lowest BCUT2D eigenvalue weighted by molar-refractivity contribution is -0.0500. The summed E-state index contributed by atoms with van der Waals surface area (Å²) in [6.07, 6.45) is -1.85. The van der Waals surface area contributed by atoms with Crippen LogP contribution in [0.5, 0.6) is 5.75 Å². The average Bonchev–Trinajstić information content (AvgIpc) is 2.66. The molecule has 0 aromatic heterocycles. The van der Waals surface area contributed by atoms with Gasteiger partial charge in [-0.15, -0.1) is 0 Å². The van der Waals surface area contributed by atoms with Gasteiger partial charge in [0, 0.05) is 11.6 Å². The maximum atomic E-state index is 12.4. The second-order valence-electron chi connectivity index (χ2n) is 6.53. The number of nitrogens with zero attached hydrogens (tertiary/aromatic N) is 1. The van der Waals surface area contributed by atoms with Gasteiger partial charge < -0.3 is 19.3 Å². The molecule has 31 heavy (non-hydrogen) atoms. The Morgan fingerprint density at radius 2 is 1.84 bits per heavy atom. The van der Waals surface area contributed by atoms with Crippen LogP contribution in [0.25, 0.3) is 0 Å². The van der Waals surface area contributed by atoms with Gasteiger partial charge in [-0.25, -0.2) is 4.79 Å². The van der Waals surface area contributed by atoms with Crippen LogP contribution < -0.4 is 4.18 Å². The first kappa shape index (κ1) is 24.8. The van der Waals surface area contributed by atoms with Crippen molar-refractivity contribution in [3.8, 4) is 5.75 Å². The van der Waals surface area contributed by atoms with Crippen molar-refractivity contribution < 1.29 is 40.8 Å². The monoisotopic (exact) mass is 481 g/mol. The normalized spacial score (nSPS) is 12.9. The lowest BCUT2D eigenvalue weighted by Crippen LogP contribution is -2.34. The molecule has 0 unspecified atom stereocenters. The highest BCUT2D eigenvalue weighted by atomic mass is 35.5. The van der Waals surface area contributed by atoms with Gasteiger partial charge in [-0.05, 0) is 48.2 Å². The van der Waals surface area contributed by atoms with Crippen LogP contribution in [-0.2, 0) is 16.5 Å². The molecule has 0 aliphatic heterocycles. The van der Waals surface area contributed by atoms with Crippen molar-refractivity contribution in [2.24, 2.45) is 0 Å². The van der Waals surface area contributed by atoms with E-state index in [-0.39, 0.29) is 25.9 Å². The Bertz CT molecular complexity index is 1020. The van der Waals surface area contributed by atoms with Gasteiger partial charge in [0.05, 0.1) is 12.6 Å². The predicted octanol–water partition coefficient (Wildman–Crippen LogP) is 4.21. The molecule has 0 spiro atoms. The van der Waals surface area contributed by atoms with Gasteiger partial charge in [0.1, 0.15) is 5.75 Å². The maximum Gasteiger partial charge on any atom is 0.534 e. The number of benzene rings is 2. The van der Waals surface area contributed by atoms with Crippen molar-refractivity contribution in [3.05, 3.63) is 64.7 Å². The van der Waals surface area contributed by atoms with E-state index in [9.17, 15) is 36.6 Å². The van der Waals surface area contributed by atoms with Crippen LogP contribution in [-0.4, -0.2) is 48.2 Å². The number of aryl methyl sites for hydroxylation is 1. The fourth-order valence-corrected chi connectivity index (χ4v) is 3.34. The molecule has 0 aliphatic carbocycles. The first-order chi connectivity index (χ1) is 14.4. The van der Waals surface area contributed by atoms with Crippen molar-refractivity contribution in [2.45, 2.75) is 24.5 Å². The lowest BCUT2D eigenvalue weighted by atomic mass is 10.1. The molecule has 0 radical (unpaired) electrons. The van der Waals surface area contributed by atoms with E-state index in [4.69, 9.17) is 11.6 Å². The highest BCUT2D eigenvalue weighted by molar-refractivity contribution is 7.88. The molecule has 0 saturated heterocycles. The molecular formula is C19H19ClF3NO6S. The molecule has 0 saturated carbocycles. The van der Waals surface area contributed by atoms with Crippen molar-refractivity contribution in [1.82, 2.24) is 4.90 Å². The van der Waals surface area contributed by atoms with Crippen molar-refractivity contribution >= 4 is 27.8 Å². The standard InChI is InChI=1S/C19H19ClF3NO6S/c20-15-7-2-6-14(11-15)17(25)12-24(18(26)27)9-3-5-13-4-1-8-16(10-13)30-31(28,29)19(21,22)23/h1-2,4,6-8,10-11,17,25H,3,5,9,12H2,(H,26,27)/t17-/m1/s1. The molecule has 170 valence electrons. The number of hydrogen-bond acceptors (Lipinski definition) is 5. The Kier molecular flexibility index (Phi) is 8.15. The largest absolute Gasteiger partial charge is 0.534 e. The summed E-state index contributed by atoms with van der Waals surface area (Å²) >= 11 is 5.87. The van der Waals surface area contributed by atoms with Gasteiger partial charge in [-0.1, -0.05) is 35.9 Å². The number of halogens is 4. The molecule has 1 amide bonds. The van der Waals surface area contributed by atoms with E-state index in [0.29, 0.717) is 16.1 Å². The third-order valence-corrected chi connectivity index (χ3v) is 5.39. The van der Waals surface area contributed by atoms with Crippen LogP contribution >= 0.6 is 11.6 Å². The van der Waals surface area contributed by atoms with E-state index in [1.807, 2.05) is 0 Å². The summed E-state index contributed by atoms with van der Waals surface area (Å²) in [5.74, 6) is -0.499. The molecule has 2 rings (SSSR count). The summed E-state index contributed by atoms with van der Waals surface area (Å²) in [5, 5.41) is 20.0. The Balaban J connectivity index is 1.96. The Hall–Kier alpha value is -2.50. The van der Waals surface area contributed by atoms with Crippen LogP contribution in [0.15, 0.2) is 48.5 Å². The number of hydrogen-bond donors (Lipinski definition) is 2. The zero-order valence-electron chi connectivity index (χ0n) is 15.9. The fourth-order valence-electron chi connectivity index (χ4n) is 2.69. The molecular weight excluding hydrogens is 463 g/mol. The quantitative estimate of drug-likeness (QED) is 0.410. The van der Waals surface area contributed by atoms with Crippen LogP contribution in [0, 0.1) is 0 Å². The van der Waals surface area contributed by atoms with Crippen molar-refractivity contribution in [3.63, 3.8) is 0 Å². The minimum atomic E-state index is -5.78. The van der Waals surface area contributed by atoms with E-state index in [1.54, 1.807) is 24.3 Å². The SMILES string of the molecule is O=C(O)N(CCCc1cccc(OS(=O)(=O)C(F)(F)F)c1)C[C@@H](O)c1cccc(Cl)c1. The number of rotatable bonds is 9. The molecule has 0 aliphatic rings.